The highest BCUT2D eigenvalue weighted by Crippen LogP contribution is 2.33. The molecule has 0 radical (unpaired) electrons. The van der Waals surface area contributed by atoms with Gasteiger partial charge >= 0.3 is 0 Å². The van der Waals surface area contributed by atoms with Gasteiger partial charge in [0.05, 0.1) is 0 Å². The van der Waals surface area contributed by atoms with E-state index in [0.29, 0.717) is 11.6 Å². The Bertz CT molecular complexity index is 447. The van der Waals surface area contributed by atoms with Crippen molar-refractivity contribution in [2.75, 3.05) is 19.6 Å². The summed E-state index contributed by atoms with van der Waals surface area (Å²) in [5, 5.41) is 3.90. The van der Waals surface area contributed by atoms with Crippen LogP contribution in [0, 0.1) is 0 Å². The fraction of sp³-hybridized carbons (Fsp3) is 0.824. The molecule has 1 atom stereocenters. The van der Waals surface area contributed by atoms with Crippen molar-refractivity contribution in [3.05, 3.63) is 18.2 Å². The lowest BCUT2D eigenvalue weighted by atomic mass is 9.91. The van der Waals surface area contributed by atoms with E-state index in [4.69, 9.17) is 0 Å². The van der Waals surface area contributed by atoms with Crippen molar-refractivity contribution in [1.29, 1.82) is 0 Å². The summed E-state index contributed by atoms with van der Waals surface area (Å²) in [4.78, 5) is 7.23. The molecule has 1 saturated carbocycles. The lowest BCUT2D eigenvalue weighted by molar-refractivity contribution is 0.0759. The van der Waals surface area contributed by atoms with E-state index in [9.17, 15) is 0 Å². The Hall–Kier alpha value is -0.870. The monoisotopic (exact) mass is 290 g/mol. The summed E-state index contributed by atoms with van der Waals surface area (Å²) >= 11 is 0. The molecular weight excluding hydrogens is 260 g/mol. The maximum absolute atomic E-state index is 4.48. The van der Waals surface area contributed by atoms with E-state index in [2.05, 4.69) is 39.9 Å². The number of hydrogen-bond acceptors (Lipinski definition) is 3. The van der Waals surface area contributed by atoms with Crippen LogP contribution in [0.4, 0.5) is 0 Å². The van der Waals surface area contributed by atoms with Crippen molar-refractivity contribution in [3.8, 4) is 0 Å². The Kier molecular flexibility index (Phi) is 4.65. The van der Waals surface area contributed by atoms with Gasteiger partial charge in [0, 0.05) is 57.1 Å². The van der Waals surface area contributed by atoms with Crippen LogP contribution >= 0.6 is 0 Å². The summed E-state index contributed by atoms with van der Waals surface area (Å²) in [6.45, 7) is 5.87. The van der Waals surface area contributed by atoms with Gasteiger partial charge in [-0.15, -0.1) is 0 Å². The Morgan fingerprint density at radius 1 is 1.38 bits per heavy atom. The molecule has 1 aromatic heterocycles. The van der Waals surface area contributed by atoms with Crippen molar-refractivity contribution in [2.45, 2.75) is 63.5 Å². The molecule has 2 aliphatic rings. The molecule has 2 heterocycles. The Morgan fingerprint density at radius 3 is 2.86 bits per heavy atom. The van der Waals surface area contributed by atoms with Crippen molar-refractivity contribution >= 4 is 0 Å². The SMILES string of the molecule is CCCC1CNC2(CCCC2)CN1CCc1nccn1C. The second-order valence-electron chi connectivity index (χ2n) is 6.99. The molecule has 0 bridgehead atoms. The van der Waals surface area contributed by atoms with Crippen LogP contribution in [0.3, 0.4) is 0 Å². The lowest BCUT2D eigenvalue weighted by Crippen LogP contribution is -2.63. The summed E-state index contributed by atoms with van der Waals surface area (Å²) < 4.78 is 2.16. The number of aryl methyl sites for hydroxylation is 1. The molecule has 1 saturated heterocycles. The van der Waals surface area contributed by atoms with E-state index in [1.165, 1.54) is 57.4 Å². The van der Waals surface area contributed by atoms with Gasteiger partial charge in [-0.25, -0.2) is 4.98 Å². The molecule has 1 aromatic rings. The summed E-state index contributed by atoms with van der Waals surface area (Å²) in [5.41, 5.74) is 0.422. The average Bonchev–Trinajstić information content (AvgIpc) is 3.09. The van der Waals surface area contributed by atoms with E-state index in [-0.39, 0.29) is 0 Å². The molecule has 21 heavy (non-hydrogen) atoms. The second-order valence-corrected chi connectivity index (χ2v) is 6.99. The molecule has 3 rings (SSSR count). The minimum absolute atomic E-state index is 0.422. The molecule has 1 spiro atoms. The summed E-state index contributed by atoms with van der Waals surface area (Å²) in [6.07, 6.45) is 13.2. The zero-order valence-corrected chi connectivity index (χ0v) is 13.6. The maximum atomic E-state index is 4.48. The second kappa shape index (κ2) is 6.49. The topological polar surface area (TPSA) is 33.1 Å². The molecule has 118 valence electrons. The van der Waals surface area contributed by atoms with Crippen LogP contribution in [-0.4, -0.2) is 45.7 Å². The van der Waals surface area contributed by atoms with Crippen LogP contribution in [0.25, 0.3) is 0 Å². The molecule has 4 heteroatoms. The van der Waals surface area contributed by atoms with E-state index < -0.39 is 0 Å². The molecule has 0 amide bonds. The quantitative estimate of drug-likeness (QED) is 0.903. The van der Waals surface area contributed by atoms with Crippen LogP contribution < -0.4 is 5.32 Å². The van der Waals surface area contributed by atoms with Crippen LogP contribution in [0.2, 0.25) is 0 Å². The molecular formula is C17H30N4. The number of hydrogen-bond donors (Lipinski definition) is 1. The lowest BCUT2D eigenvalue weighted by Gasteiger charge is -2.46. The van der Waals surface area contributed by atoms with Crippen molar-refractivity contribution < 1.29 is 0 Å². The van der Waals surface area contributed by atoms with Crippen LogP contribution in [0.5, 0.6) is 0 Å². The normalized spacial score (nSPS) is 25.7. The Morgan fingerprint density at radius 2 is 2.19 bits per heavy atom. The van der Waals surface area contributed by atoms with Crippen molar-refractivity contribution in [2.24, 2.45) is 7.05 Å². The van der Waals surface area contributed by atoms with E-state index in [1.807, 2.05) is 6.20 Å². The highest BCUT2D eigenvalue weighted by Gasteiger charge is 2.40. The zero-order valence-electron chi connectivity index (χ0n) is 13.6. The first-order valence-electron chi connectivity index (χ1n) is 8.68. The first kappa shape index (κ1) is 15.0. The highest BCUT2D eigenvalue weighted by molar-refractivity contribution is 5.02. The van der Waals surface area contributed by atoms with Crippen LogP contribution in [0.15, 0.2) is 12.4 Å². The summed E-state index contributed by atoms with van der Waals surface area (Å²) in [6, 6.07) is 0.710. The van der Waals surface area contributed by atoms with E-state index >= 15 is 0 Å². The van der Waals surface area contributed by atoms with Gasteiger partial charge < -0.3 is 9.88 Å². The van der Waals surface area contributed by atoms with E-state index in [0.717, 1.165) is 13.0 Å². The van der Waals surface area contributed by atoms with Gasteiger partial charge in [0.25, 0.3) is 0 Å². The summed E-state index contributed by atoms with van der Waals surface area (Å²) in [5.74, 6) is 1.21. The molecule has 0 aromatic carbocycles. The first-order valence-corrected chi connectivity index (χ1v) is 8.68. The van der Waals surface area contributed by atoms with E-state index in [1.54, 1.807) is 0 Å². The molecule has 4 nitrogen and oxygen atoms in total. The molecule has 2 fully saturated rings. The van der Waals surface area contributed by atoms with Gasteiger partial charge in [0.15, 0.2) is 0 Å². The molecule has 1 unspecified atom stereocenters. The van der Waals surface area contributed by atoms with Gasteiger partial charge in [0.2, 0.25) is 0 Å². The third kappa shape index (κ3) is 3.32. The number of piperazine rings is 1. The Balaban J connectivity index is 1.64. The van der Waals surface area contributed by atoms with Gasteiger partial charge in [-0.2, -0.15) is 0 Å². The Labute approximate surface area is 128 Å². The van der Waals surface area contributed by atoms with Crippen LogP contribution in [-0.2, 0) is 13.5 Å². The first-order chi connectivity index (χ1) is 10.2. The minimum Gasteiger partial charge on any atom is -0.338 e. The van der Waals surface area contributed by atoms with Gasteiger partial charge in [-0.1, -0.05) is 26.2 Å². The number of aromatic nitrogens is 2. The van der Waals surface area contributed by atoms with Gasteiger partial charge in [0.1, 0.15) is 5.82 Å². The fourth-order valence-electron chi connectivity index (χ4n) is 4.18. The van der Waals surface area contributed by atoms with Crippen molar-refractivity contribution in [3.63, 3.8) is 0 Å². The predicted molar refractivity (Wildman–Crippen MR) is 86.4 cm³/mol. The summed E-state index contributed by atoms with van der Waals surface area (Å²) in [7, 11) is 2.10. The minimum atomic E-state index is 0.422. The molecule has 1 aliphatic carbocycles. The predicted octanol–water partition coefficient (Wildman–Crippen LogP) is 2.35. The highest BCUT2D eigenvalue weighted by atomic mass is 15.3. The number of rotatable bonds is 5. The van der Waals surface area contributed by atoms with Crippen molar-refractivity contribution in [1.82, 2.24) is 19.8 Å². The fourth-order valence-corrected chi connectivity index (χ4v) is 4.18. The molecule has 1 N–H and O–H groups in total. The smallest absolute Gasteiger partial charge is 0.109 e. The third-order valence-corrected chi connectivity index (χ3v) is 5.46. The average molecular weight is 290 g/mol. The van der Waals surface area contributed by atoms with Gasteiger partial charge in [-0.3, -0.25) is 4.90 Å². The standard InChI is InChI=1S/C17H30N4/c1-3-6-15-13-19-17(8-4-5-9-17)14-21(15)11-7-16-18-10-12-20(16)2/h10,12,15,19H,3-9,11,13-14H2,1-2H3. The van der Waals surface area contributed by atoms with Gasteiger partial charge in [-0.05, 0) is 19.3 Å². The van der Waals surface area contributed by atoms with Crippen LogP contribution in [0.1, 0.15) is 51.3 Å². The number of imidazole rings is 1. The number of nitrogens with zero attached hydrogens (tertiary/aromatic N) is 3. The maximum Gasteiger partial charge on any atom is 0.109 e. The third-order valence-electron chi connectivity index (χ3n) is 5.46. The zero-order chi connectivity index (χ0) is 14.7. The number of nitrogens with one attached hydrogen (secondary N) is 1. The molecule has 1 aliphatic heterocycles. The largest absolute Gasteiger partial charge is 0.338 e.